The lowest BCUT2D eigenvalue weighted by Crippen LogP contribution is -2.35. The SMILES string of the molecule is Cc1cc2ncnn2cc1Nc1ncc2c(n1)n([C@H]1CC[C@@](C)(O)CC1)c(=O)n2C. The molecule has 0 bridgehead atoms. The minimum absolute atomic E-state index is 0.0115. The highest BCUT2D eigenvalue weighted by molar-refractivity contribution is 5.73. The number of imidazole rings is 1. The van der Waals surface area contributed by atoms with Crippen LogP contribution >= 0.6 is 0 Å². The summed E-state index contributed by atoms with van der Waals surface area (Å²) < 4.78 is 5.02. The molecular formula is C20H24N8O2. The molecule has 0 unspecified atom stereocenters. The molecule has 0 radical (unpaired) electrons. The predicted octanol–water partition coefficient (Wildman–Crippen LogP) is 2.09. The molecule has 1 saturated carbocycles. The van der Waals surface area contributed by atoms with Gasteiger partial charge in [0.15, 0.2) is 11.3 Å². The predicted molar refractivity (Wildman–Crippen MR) is 112 cm³/mol. The molecule has 4 aromatic heterocycles. The average molecular weight is 408 g/mol. The summed E-state index contributed by atoms with van der Waals surface area (Å²) in [6, 6.07) is 1.94. The molecule has 10 heteroatoms. The van der Waals surface area contributed by atoms with E-state index >= 15 is 0 Å². The fourth-order valence-corrected chi connectivity index (χ4v) is 4.22. The molecule has 0 spiro atoms. The number of fused-ring (bicyclic) bond motifs is 2. The Hall–Kier alpha value is -3.27. The zero-order chi connectivity index (χ0) is 21.0. The van der Waals surface area contributed by atoms with Crippen molar-refractivity contribution in [3.8, 4) is 0 Å². The summed E-state index contributed by atoms with van der Waals surface area (Å²) in [5.41, 5.74) is 3.08. The molecule has 0 saturated heterocycles. The van der Waals surface area contributed by atoms with Gasteiger partial charge < -0.3 is 10.4 Å². The lowest BCUT2D eigenvalue weighted by molar-refractivity contribution is 0.00991. The Bertz CT molecular complexity index is 1310. The first-order valence-corrected chi connectivity index (χ1v) is 10.1. The summed E-state index contributed by atoms with van der Waals surface area (Å²) in [4.78, 5) is 26.2. The van der Waals surface area contributed by atoms with Crippen molar-refractivity contribution in [2.45, 2.75) is 51.2 Å². The third-order valence-electron chi connectivity index (χ3n) is 6.10. The number of nitrogens with zero attached hydrogens (tertiary/aromatic N) is 7. The minimum atomic E-state index is -0.663. The molecule has 0 atom stereocenters. The first kappa shape index (κ1) is 18.7. The largest absolute Gasteiger partial charge is 0.390 e. The van der Waals surface area contributed by atoms with Crippen LogP contribution in [0.2, 0.25) is 0 Å². The highest BCUT2D eigenvalue weighted by Gasteiger charge is 2.31. The van der Waals surface area contributed by atoms with Gasteiger partial charge in [0.1, 0.15) is 11.8 Å². The van der Waals surface area contributed by atoms with Gasteiger partial charge in [0, 0.05) is 13.1 Å². The lowest BCUT2D eigenvalue weighted by atomic mass is 9.83. The third kappa shape index (κ3) is 3.04. The smallest absolute Gasteiger partial charge is 0.330 e. The van der Waals surface area contributed by atoms with Gasteiger partial charge in [-0.05, 0) is 51.2 Å². The van der Waals surface area contributed by atoms with Crippen molar-refractivity contribution in [3.63, 3.8) is 0 Å². The Balaban J connectivity index is 1.54. The molecule has 2 N–H and O–H groups in total. The van der Waals surface area contributed by atoms with Gasteiger partial charge in [-0.1, -0.05) is 0 Å². The fourth-order valence-electron chi connectivity index (χ4n) is 4.22. The maximum absolute atomic E-state index is 12.9. The van der Waals surface area contributed by atoms with E-state index in [4.69, 9.17) is 0 Å². The summed E-state index contributed by atoms with van der Waals surface area (Å²) in [7, 11) is 1.74. The van der Waals surface area contributed by atoms with Crippen LogP contribution in [-0.2, 0) is 7.05 Å². The van der Waals surface area contributed by atoms with E-state index in [1.54, 1.807) is 26.9 Å². The molecular weight excluding hydrogens is 384 g/mol. The second-order valence-electron chi connectivity index (χ2n) is 8.40. The first-order chi connectivity index (χ1) is 14.3. The maximum Gasteiger partial charge on any atom is 0.330 e. The molecule has 10 nitrogen and oxygen atoms in total. The van der Waals surface area contributed by atoms with Crippen LogP contribution in [0.5, 0.6) is 0 Å². The van der Waals surface area contributed by atoms with Crippen LogP contribution in [0.4, 0.5) is 11.6 Å². The normalized spacial score (nSPS) is 22.1. The van der Waals surface area contributed by atoms with Crippen molar-refractivity contribution >= 4 is 28.4 Å². The Morgan fingerprint density at radius 3 is 2.80 bits per heavy atom. The molecule has 0 aliphatic heterocycles. The quantitative estimate of drug-likeness (QED) is 0.533. The highest BCUT2D eigenvalue weighted by Crippen LogP contribution is 2.35. The number of pyridine rings is 1. The molecule has 1 aliphatic rings. The van der Waals surface area contributed by atoms with Crippen LogP contribution in [-0.4, -0.2) is 44.4 Å². The summed E-state index contributed by atoms with van der Waals surface area (Å²) in [6.45, 7) is 3.83. The van der Waals surface area contributed by atoms with Crippen LogP contribution in [0.15, 0.2) is 29.6 Å². The third-order valence-corrected chi connectivity index (χ3v) is 6.10. The van der Waals surface area contributed by atoms with Crippen LogP contribution < -0.4 is 11.0 Å². The van der Waals surface area contributed by atoms with Gasteiger partial charge in [0.05, 0.1) is 23.7 Å². The van der Waals surface area contributed by atoms with Gasteiger partial charge in [0.2, 0.25) is 5.95 Å². The molecule has 156 valence electrons. The van der Waals surface area contributed by atoms with E-state index in [0.717, 1.165) is 29.7 Å². The summed E-state index contributed by atoms with van der Waals surface area (Å²) in [5.74, 6) is 0.409. The summed E-state index contributed by atoms with van der Waals surface area (Å²) in [5, 5.41) is 17.7. The number of nitrogens with one attached hydrogen (secondary N) is 1. The zero-order valence-corrected chi connectivity index (χ0v) is 17.2. The van der Waals surface area contributed by atoms with E-state index in [0.29, 0.717) is 30.0 Å². The van der Waals surface area contributed by atoms with E-state index in [2.05, 4.69) is 25.4 Å². The van der Waals surface area contributed by atoms with Crippen LogP contribution in [0.25, 0.3) is 16.8 Å². The maximum atomic E-state index is 12.9. The average Bonchev–Trinajstić information content (AvgIpc) is 3.25. The number of aryl methyl sites for hydroxylation is 2. The van der Waals surface area contributed by atoms with Crippen LogP contribution in [0.3, 0.4) is 0 Å². The molecule has 0 aromatic carbocycles. The number of anilines is 2. The topological polar surface area (TPSA) is 115 Å². The van der Waals surface area contributed by atoms with Gasteiger partial charge in [-0.2, -0.15) is 10.1 Å². The highest BCUT2D eigenvalue weighted by atomic mass is 16.3. The van der Waals surface area contributed by atoms with Crippen molar-refractivity contribution in [1.29, 1.82) is 0 Å². The Labute approximate surface area is 172 Å². The van der Waals surface area contributed by atoms with Crippen molar-refractivity contribution in [2.24, 2.45) is 7.05 Å². The molecule has 5 rings (SSSR count). The van der Waals surface area contributed by atoms with Crippen molar-refractivity contribution < 1.29 is 5.11 Å². The second kappa shape index (κ2) is 6.63. The van der Waals surface area contributed by atoms with Crippen LogP contribution in [0.1, 0.15) is 44.2 Å². The van der Waals surface area contributed by atoms with Gasteiger partial charge in [0.25, 0.3) is 0 Å². The standard InChI is InChI=1S/C20H24N8O2/c1-12-8-16-22-11-23-27(16)10-14(12)24-18-21-9-15-17(25-18)28(19(29)26(15)3)13-4-6-20(2,30)7-5-13/h8-11,13,30H,4-7H2,1-3H3,(H,21,24,25)/t13-,20+. The number of aromatic nitrogens is 7. The molecule has 4 aromatic rings. The molecule has 1 fully saturated rings. The number of aliphatic hydroxyl groups is 1. The molecule has 0 amide bonds. The van der Waals surface area contributed by atoms with E-state index < -0.39 is 5.60 Å². The van der Waals surface area contributed by atoms with Gasteiger partial charge in [-0.25, -0.2) is 19.3 Å². The van der Waals surface area contributed by atoms with Crippen LogP contribution in [0, 0.1) is 6.92 Å². The van der Waals surface area contributed by atoms with Crippen molar-refractivity contribution in [1.82, 2.24) is 33.7 Å². The zero-order valence-electron chi connectivity index (χ0n) is 17.2. The van der Waals surface area contributed by atoms with E-state index in [-0.39, 0.29) is 11.7 Å². The lowest BCUT2D eigenvalue weighted by Gasteiger charge is -2.33. The minimum Gasteiger partial charge on any atom is -0.390 e. The first-order valence-electron chi connectivity index (χ1n) is 10.1. The molecule has 1 aliphatic carbocycles. The van der Waals surface area contributed by atoms with Gasteiger partial charge in [-0.3, -0.25) is 9.13 Å². The van der Waals surface area contributed by atoms with E-state index in [1.165, 1.54) is 6.33 Å². The van der Waals surface area contributed by atoms with Crippen molar-refractivity contribution in [2.75, 3.05) is 5.32 Å². The molecule has 4 heterocycles. The fraction of sp³-hybridized carbons (Fsp3) is 0.450. The Morgan fingerprint density at radius 1 is 1.27 bits per heavy atom. The van der Waals surface area contributed by atoms with Gasteiger partial charge in [-0.15, -0.1) is 0 Å². The molecule has 30 heavy (non-hydrogen) atoms. The number of hydrogen-bond acceptors (Lipinski definition) is 7. The van der Waals surface area contributed by atoms with E-state index in [1.807, 2.05) is 26.1 Å². The summed E-state index contributed by atoms with van der Waals surface area (Å²) in [6.07, 6.45) is 7.81. The number of hydrogen-bond donors (Lipinski definition) is 2. The van der Waals surface area contributed by atoms with Gasteiger partial charge >= 0.3 is 5.69 Å². The summed E-state index contributed by atoms with van der Waals surface area (Å²) >= 11 is 0. The van der Waals surface area contributed by atoms with Crippen molar-refractivity contribution in [3.05, 3.63) is 40.8 Å². The number of rotatable bonds is 3. The Morgan fingerprint density at radius 2 is 2.03 bits per heavy atom. The Kier molecular flexibility index (Phi) is 4.14. The second-order valence-corrected chi connectivity index (χ2v) is 8.40. The van der Waals surface area contributed by atoms with E-state index in [9.17, 15) is 9.90 Å². The monoisotopic (exact) mass is 408 g/mol.